The number of nitrogens with zero attached hydrogens (tertiary/aromatic N) is 2. The van der Waals surface area contributed by atoms with Crippen LogP contribution >= 0.6 is 0 Å². The molecule has 0 aliphatic carbocycles. The molecular formula is C19H26N2O4. The van der Waals surface area contributed by atoms with Crippen LogP contribution in [0.3, 0.4) is 0 Å². The summed E-state index contributed by atoms with van der Waals surface area (Å²) < 4.78 is 10.7. The Hall–Kier alpha value is -2.08. The lowest BCUT2D eigenvalue weighted by Gasteiger charge is -2.29. The van der Waals surface area contributed by atoms with Crippen molar-refractivity contribution in [3.05, 3.63) is 29.8 Å². The molecular weight excluding hydrogens is 320 g/mol. The molecule has 2 fully saturated rings. The summed E-state index contributed by atoms with van der Waals surface area (Å²) in [7, 11) is 3.46. The second-order valence-electron chi connectivity index (χ2n) is 6.84. The zero-order valence-corrected chi connectivity index (χ0v) is 14.9. The number of hydrogen-bond acceptors (Lipinski definition) is 4. The molecule has 0 unspecified atom stereocenters. The normalized spacial score (nSPS) is 23.4. The summed E-state index contributed by atoms with van der Waals surface area (Å²) in [6.07, 6.45) is 2.17. The van der Waals surface area contributed by atoms with Crippen LogP contribution in [0.15, 0.2) is 24.3 Å². The van der Waals surface area contributed by atoms with Gasteiger partial charge in [-0.25, -0.2) is 0 Å². The van der Waals surface area contributed by atoms with Crippen LogP contribution in [0.1, 0.15) is 18.4 Å². The van der Waals surface area contributed by atoms with Crippen LogP contribution in [0.5, 0.6) is 5.75 Å². The molecule has 0 aromatic heterocycles. The van der Waals surface area contributed by atoms with Crippen LogP contribution in [0.25, 0.3) is 0 Å². The molecule has 2 amide bonds. The van der Waals surface area contributed by atoms with Crippen molar-refractivity contribution < 1.29 is 19.1 Å². The van der Waals surface area contributed by atoms with Gasteiger partial charge in [-0.2, -0.15) is 0 Å². The van der Waals surface area contributed by atoms with Gasteiger partial charge in [0.05, 0.1) is 32.3 Å². The molecule has 2 heterocycles. The first-order valence-corrected chi connectivity index (χ1v) is 8.83. The highest BCUT2D eigenvalue weighted by molar-refractivity contribution is 5.82. The summed E-state index contributed by atoms with van der Waals surface area (Å²) in [5, 5.41) is 0. The highest BCUT2D eigenvalue weighted by atomic mass is 16.5. The third-order valence-corrected chi connectivity index (χ3v) is 5.11. The number of likely N-dealkylation sites (N-methyl/N-ethyl adjacent to an activating group) is 1. The first-order valence-electron chi connectivity index (χ1n) is 8.83. The molecule has 0 spiro atoms. The number of carbonyl (C=O) groups excluding carboxylic acids is 2. The maximum Gasteiger partial charge on any atom is 0.229 e. The Kier molecular flexibility index (Phi) is 5.58. The van der Waals surface area contributed by atoms with Crippen LogP contribution in [-0.2, 0) is 20.7 Å². The average molecular weight is 346 g/mol. The lowest BCUT2D eigenvalue weighted by atomic mass is 10.1. The Morgan fingerprint density at radius 2 is 2.00 bits per heavy atom. The quantitative estimate of drug-likeness (QED) is 0.807. The number of carbonyl (C=O) groups is 2. The van der Waals surface area contributed by atoms with Crippen molar-refractivity contribution in [1.29, 1.82) is 0 Å². The maximum absolute atomic E-state index is 12.6. The Balaban J connectivity index is 1.53. The number of amides is 2. The zero-order chi connectivity index (χ0) is 17.8. The maximum atomic E-state index is 12.6. The molecule has 1 aromatic rings. The average Bonchev–Trinajstić information content (AvgIpc) is 2.80. The summed E-state index contributed by atoms with van der Waals surface area (Å²) in [5.74, 6) is 0.833. The SMILES string of the molecule is COc1ccc(CCCC(=O)N2C[C@@H]3COC[C@H](C2)N(C)C3=O)cc1. The van der Waals surface area contributed by atoms with E-state index < -0.39 is 0 Å². The van der Waals surface area contributed by atoms with E-state index in [9.17, 15) is 9.59 Å². The highest BCUT2D eigenvalue weighted by Crippen LogP contribution is 2.21. The number of aryl methyl sites for hydroxylation is 1. The van der Waals surface area contributed by atoms with E-state index in [0.717, 1.165) is 18.6 Å². The zero-order valence-electron chi connectivity index (χ0n) is 14.9. The van der Waals surface area contributed by atoms with E-state index in [1.807, 2.05) is 36.2 Å². The van der Waals surface area contributed by atoms with E-state index in [2.05, 4.69) is 0 Å². The smallest absolute Gasteiger partial charge is 0.229 e. The van der Waals surface area contributed by atoms with Gasteiger partial charge in [0.15, 0.2) is 0 Å². The minimum absolute atomic E-state index is 0.0365. The predicted octanol–water partition coefficient (Wildman–Crippen LogP) is 1.33. The minimum atomic E-state index is -0.233. The molecule has 0 N–H and O–H groups in total. The largest absolute Gasteiger partial charge is 0.497 e. The molecule has 136 valence electrons. The molecule has 2 aliphatic heterocycles. The summed E-state index contributed by atoms with van der Waals surface area (Å²) in [6.45, 7) is 1.96. The van der Waals surface area contributed by atoms with Gasteiger partial charge in [-0.3, -0.25) is 9.59 Å². The van der Waals surface area contributed by atoms with E-state index in [0.29, 0.717) is 32.7 Å². The molecule has 25 heavy (non-hydrogen) atoms. The van der Waals surface area contributed by atoms with E-state index in [1.165, 1.54) is 5.56 Å². The topological polar surface area (TPSA) is 59.1 Å². The van der Waals surface area contributed by atoms with Crippen molar-refractivity contribution >= 4 is 11.8 Å². The van der Waals surface area contributed by atoms with Gasteiger partial charge in [-0.1, -0.05) is 12.1 Å². The summed E-state index contributed by atoms with van der Waals surface area (Å²) in [4.78, 5) is 28.6. The molecule has 2 aliphatic rings. The number of ether oxygens (including phenoxy) is 2. The van der Waals surface area contributed by atoms with Gasteiger partial charge < -0.3 is 19.3 Å². The molecule has 2 saturated heterocycles. The summed E-state index contributed by atoms with van der Waals surface area (Å²) in [6, 6.07) is 7.91. The second kappa shape index (κ2) is 7.87. The Labute approximate surface area is 148 Å². The van der Waals surface area contributed by atoms with Crippen molar-refractivity contribution in [1.82, 2.24) is 9.80 Å². The van der Waals surface area contributed by atoms with Crippen molar-refractivity contribution in [2.45, 2.75) is 25.3 Å². The molecule has 6 heteroatoms. The highest BCUT2D eigenvalue weighted by Gasteiger charge is 2.38. The Morgan fingerprint density at radius 3 is 2.72 bits per heavy atom. The lowest BCUT2D eigenvalue weighted by Crippen LogP contribution is -2.45. The number of hydrogen-bond donors (Lipinski definition) is 0. The van der Waals surface area contributed by atoms with E-state index >= 15 is 0 Å². The number of benzene rings is 1. The molecule has 6 nitrogen and oxygen atoms in total. The molecule has 2 bridgehead atoms. The van der Waals surface area contributed by atoms with Gasteiger partial charge in [-0.15, -0.1) is 0 Å². The van der Waals surface area contributed by atoms with Gasteiger partial charge in [0.1, 0.15) is 5.75 Å². The fraction of sp³-hybridized carbons (Fsp3) is 0.579. The summed E-state index contributed by atoms with van der Waals surface area (Å²) >= 11 is 0. The molecule has 1 aromatic carbocycles. The van der Waals surface area contributed by atoms with Crippen molar-refractivity contribution in [3.8, 4) is 5.75 Å². The monoisotopic (exact) mass is 346 g/mol. The third kappa shape index (κ3) is 4.12. The lowest BCUT2D eigenvalue weighted by molar-refractivity contribution is -0.134. The predicted molar refractivity (Wildman–Crippen MR) is 93.4 cm³/mol. The van der Waals surface area contributed by atoms with E-state index in [-0.39, 0.29) is 23.8 Å². The number of fused-ring (bicyclic) bond motifs is 3. The van der Waals surface area contributed by atoms with Crippen LogP contribution in [0.4, 0.5) is 0 Å². The first kappa shape index (κ1) is 17.7. The van der Waals surface area contributed by atoms with Gasteiger partial charge in [0, 0.05) is 26.6 Å². The van der Waals surface area contributed by atoms with Crippen LogP contribution < -0.4 is 4.74 Å². The fourth-order valence-corrected chi connectivity index (χ4v) is 3.50. The van der Waals surface area contributed by atoms with Gasteiger partial charge >= 0.3 is 0 Å². The van der Waals surface area contributed by atoms with Crippen LogP contribution in [0, 0.1) is 5.92 Å². The van der Waals surface area contributed by atoms with Crippen LogP contribution in [-0.4, -0.2) is 68.1 Å². The number of methoxy groups -OCH3 is 1. The van der Waals surface area contributed by atoms with Crippen LogP contribution in [0.2, 0.25) is 0 Å². The van der Waals surface area contributed by atoms with E-state index in [1.54, 1.807) is 12.0 Å². The van der Waals surface area contributed by atoms with Crippen molar-refractivity contribution in [2.75, 3.05) is 40.5 Å². The fourth-order valence-electron chi connectivity index (χ4n) is 3.50. The molecule has 3 rings (SSSR count). The van der Waals surface area contributed by atoms with Gasteiger partial charge in [0.2, 0.25) is 11.8 Å². The standard InChI is InChI=1S/C19H26N2O4/c1-20-16-11-21(10-15(19(20)23)12-25-13-16)18(22)5-3-4-14-6-8-17(24-2)9-7-14/h6-9,15-16H,3-5,10-13H2,1-2H3/t15-,16+/m1/s1. The molecule has 0 radical (unpaired) electrons. The van der Waals surface area contributed by atoms with Gasteiger partial charge in [-0.05, 0) is 30.5 Å². The van der Waals surface area contributed by atoms with E-state index in [4.69, 9.17) is 9.47 Å². The molecule has 2 atom stereocenters. The third-order valence-electron chi connectivity index (χ3n) is 5.11. The first-order chi connectivity index (χ1) is 12.1. The minimum Gasteiger partial charge on any atom is -0.497 e. The van der Waals surface area contributed by atoms with Gasteiger partial charge in [0.25, 0.3) is 0 Å². The molecule has 0 saturated carbocycles. The van der Waals surface area contributed by atoms with Crippen molar-refractivity contribution in [2.24, 2.45) is 5.92 Å². The van der Waals surface area contributed by atoms with Crippen molar-refractivity contribution in [3.63, 3.8) is 0 Å². The Morgan fingerprint density at radius 1 is 1.24 bits per heavy atom. The second-order valence-corrected chi connectivity index (χ2v) is 6.84. The summed E-state index contributed by atoms with van der Waals surface area (Å²) in [5.41, 5.74) is 1.20. The number of rotatable bonds is 5. The Bertz CT molecular complexity index is 616.